The van der Waals surface area contributed by atoms with Crippen LogP contribution < -0.4 is 5.32 Å². The molecule has 0 aromatic rings. The summed E-state index contributed by atoms with van der Waals surface area (Å²) in [6.45, 7) is 24.0. The topological polar surface area (TPSA) is 271 Å². The van der Waals surface area contributed by atoms with Crippen LogP contribution in [0.2, 0.25) is 0 Å². The molecule has 0 heterocycles. The summed E-state index contributed by atoms with van der Waals surface area (Å²) in [6.07, 6.45) is -0.00951. The normalized spacial score (nSPS) is 11.7. The Kier molecular flexibility index (Phi) is 73.0. The van der Waals surface area contributed by atoms with E-state index in [1.165, 1.54) is 0 Å². The van der Waals surface area contributed by atoms with Crippen LogP contribution in [-0.4, -0.2) is 342 Å². The smallest absolute Gasteiger partial charge is 0.305 e. The van der Waals surface area contributed by atoms with Crippen molar-refractivity contribution in [2.45, 2.75) is 6.42 Å². The lowest BCUT2D eigenvalue weighted by Gasteiger charge is -2.09. The summed E-state index contributed by atoms with van der Waals surface area (Å²) in [5.41, 5.74) is 0. The van der Waals surface area contributed by atoms with E-state index in [-0.39, 0.29) is 13.0 Å². The van der Waals surface area contributed by atoms with E-state index in [4.69, 9.17) is 119 Å². The fourth-order valence-electron chi connectivity index (χ4n) is 5.49. The van der Waals surface area contributed by atoms with Crippen molar-refractivity contribution in [1.82, 2.24) is 5.32 Å². The molecule has 2 N–H and O–H groups in total. The Morgan fingerprint density at radius 3 is 0.405 bits per heavy atom. The predicted octanol–water partition coefficient (Wildman–Crippen LogP) is 0.0789. The summed E-state index contributed by atoms with van der Waals surface area (Å²) in [6, 6.07) is 0. The first-order valence-electron chi connectivity index (χ1n) is 28.0. The standard InChI is InChI=1S/C52H105NO26/c1-53-3-5-57-7-9-59-11-13-61-15-17-63-19-21-65-23-25-67-27-29-69-31-33-71-35-37-73-39-41-75-43-45-77-47-49-79-51-50-78-48-46-76-44-42-74-40-38-72-36-34-70-32-30-68-28-26-66-24-22-64-20-18-62-16-14-60-12-10-58-8-6-56-4-2-52(54)55/h53H,2-51H2,1H3,(H,54,55). The second kappa shape index (κ2) is 74.5. The van der Waals surface area contributed by atoms with Gasteiger partial charge in [-0.2, -0.15) is 0 Å². The van der Waals surface area contributed by atoms with Gasteiger partial charge in [0.15, 0.2) is 0 Å². The summed E-state index contributed by atoms with van der Waals surface area (Å²) in [4.78, 5) is 10.4. The average molecular weight is 1160 g/mol. The molecule has 0 atom stereocenters. The fraction of sp³-hybridized carbons (Fsp3) is 0.981. The first kappa shape index (κ1) is 77.5. The van der Waals surface area contributed by atoms with Gasteiger partial charge in [-0.25, -0.2) is 0 Å². The average Bonchev–Trinajstić information content (AvgIpc) is 3.45. The van der Waals surface area contributed by atoms with Gasteiger partial charge in [0.05, 0.1) is 324 Å². The first-order chi connectivity index (χ1) is 39.3. The number of aliphatic carboxylic acids is 1. The van der Waals surface area contributed by atoms with E-state index in [0.717, 1.165) is 6.54 Å². The van der Waals surface area contributed by atoms with Gasteiger partial charge in [0.25, 0.3) is 0 Å². The van der Waals surface area contributed by atoms with Crippen LogP contribution in [-0.2, 0) is 118 Å². The highest BCUT2D eigenvalue weighted by Gasteiger charge is 2.01. The number of rotatable bonds is 75. The Balaban J connectivity index is 3.08. The van der Waals surface area contributed by atoms with Crippen LogP contribution in [0.5, 0.6) is 0 Å². The van der Waals surface area contributed by atoms with Crippen molar-refractivity contribution < 1.29 is 124 Å². The number of nitrogens with one attached hydrogen (secondary N) is 1. The molecule has 0 fully saturated rings. The Bertz CT molecular complexity index is 1100. The van der Waals surface area contributed by atoms with Crippen LogP contribution >= 0.6 is 0 Å². The van der Waals surface area contributed by atoms with E-state index >= 15 is 0 Å². The van der Waals surface area contributed by atoms with Crippen LogP contribution in [0, 0.1) is 0 Å². The zero-order valence-corrected chi connectivity index (χ0v) is 48.0. The molecule has 0 radical (unpaired) electrons. The lowest BCUT2D eigenvalue weighted by molar-refractivity contribution is -0.138. The molecule has 0 amide bonds. The molecule has 0 saturated heterocycles. The number of ether oxygens (including phenoxy) is 24. The van der Waals surface area contributed by atoms with Gasteiger partial charge in [0, 0.05) is 6.54 Å². The summed E-state index contributed by atoms with van der Waals surface area (Å²) in [5.74, 6) is -0.879. The second-order valence-corrected chi connectivity index (χ2v) is 15.9. The second-order valence-electron chi connectivity index (χ2n) is 15.9. The van der Waals surface area contributed by atoms with Crippen LogP contribution in [0.4, 0.5) is 0 Å². The van der Waals surface area contributed by atoms with Gasteiger partial charge in [-0.15, -0.1) is 0 Å². The molecule has 0 spiro atoms. The molecular formula is C52H105NO26. The SMILES string of the molecule is CNCCOCCOCCOCCOCCOCCOCCOCCOCCOCCOCCOCCOCCOCCOCCOCCOCCOCCOCCOCCOCCOCCOCCOCCOCCC(=O)O. The Morgan fingerprint density at radius 1 is 0.203 bits per heavy atom. The number of carboxylic acids is 1. The Labute approximate surface area is 471 Å². The molecule has 27 heteroatoms. The highest BCUT2D eigenvalue weighted by Crippen LogP contribution is 1.91. The van der Waals surface area contributed by atoms with Crippen molar-refractivity contribution in [3.63, 3.8) is 0 Å². The van der Waals surface area contributed by atoms with Crippen molar-refractivity contribution in [3.05, 3.63) is 0 Å². The minimum absolute atomic E-state index is 0.00951. The Hall–Kier alpha value is -1.53. The summed E-state index contributed by atoms with van der Waals surface area (Å²) < 4.78 is 131. The minimum Gasteiger partial charge on any atom is -0.481 e. The van der Waals surface area contributed by atoms with Crippen LogP contribution in [0.25, 0.3) is 0 Å². The summed E-state index contributed by atoms with van der Waals surface area (Å²) in [5, 5.41) is 11.5. The number of carbonyl (C=O) groups is 1. The molecule has 0 unspecified atom stereocenters. The van der Waals surface area contributed by atoms with Crippen molar-refractivity contribution >= 4 is 5.97 Å². The van der Waals surface area contributed by atoms with Crippen molar-refractivity contribution in [1.29, 1.82) is 0 Å². The zero-order chi connectivity index (χ0) is 56.6. The maximum absolute atomic E-state index is 10.4. The maximum atomic E-state index is 10.4. The van der Waals surface area contributed by atoms with Gasteiger partial charge in [-0.1, -0.05) is 0 Å². The molecule has 0 aromatic carbocycles. The third-order valence-electron chi connectivity index (χ3n) is 9.51. The molecular weight excluding hydrogens is 1050 g/mol. The van der Waals surface area contributed by atoms with E-state index in [9.17, 15) is 4.79 Å². The van der Waals surface area contributed by atoms with Gasteiger partial charge in [-0.3, -0.25) is 4.79 Å². The lowest BCUT2D eigenvalue weighted by atomic mass is 10.5. The van der Waals surface area contributed by atoms with Gasteiger partial charge < -0.3 is 124 Å². The monoisotopic (exact) mass is 1160 g/mol. The highest BCUT2D eigenvalue weighted by atomic mass is 16.6. The molecule has 0 aromatic heterocycles. The van der Waals surface area contributed by atoms with Crippen LogP contribution in [0.15, 0.2) is 0 Å². The van der Waals surface area contributed by atoms with E-state index < -0.39 is 5.97 Å². The molecule has 0 saturated carbocycles. The molecule has 79 heavy (non-hydrogen) atoms. The maximum Gasteiger partial charge on any atom is 0.305 e. The summed E-state index contributed by atoms with van der Waals surface area (Å²) >= 11 is 0. The molecule has 474 valence electrons. The minimum atomic E-state index is -0.879. The zero-order valence-electron chi connectivity index (χ0n) is 48.0. The number of hydrogen-bond donors (Lipinski definition) is 2. The highest BCUT2D eigenvalue weighted by molar-refractivity contribution is 5.66. The van der Waals surface area contributed by atoms with E-state index in [0.29, 0.717) is 311 Å². The van der Waals surface area contributed by atoms with Crippen molar-refractivity contribution in [2.75, 3.05) is 331 Å². The van der Waals surface area contributed by atoms with Gasteiger partial charge >= 0.3 is 5.97 Å². The van der Waals surface area contributed by atoms with E-state index in [2.05, 4.69) is 5.32 Å². The van der Waals surface area contributed by atoms with Gasteiger partial charge in [0.1, 0.15) is 0 Å². The quantitative estimate of drug-likeness (QED) is 0.0764. The molecule has 0 bridgehead atoms. The number of hydrogen-bond acceptors (Lipinski definition) is 26. The summed E-state index contributed by atoms with van der Waals surface area (Å²) in [7, 11) is 1.89. The largest absolute Gasteiger partial charge is 0.481 e. The van der Waals surface area contributed by atoms with Gasteiger partial charge in [-0.05, 0) is 7.05 Å². The molecule has 0 aliphatic heterocycles. The van der Waals surface area contributed by atoms with Crippen LogP contribution in [0.1, 0.15) is 6.42 Å². The third kappa shape index (κ3) is 76.5. The van der Waals surface area contributed by atoms with Crippen LogP contribution in [0.3, 0.4) is 0 Å². The number of carboxylic acid groups (broad SMARTS) is 1. The molecule has 0 rings (SSSR count). The molecule has 0 aliphatic rings. The fourth-order valence-corrected chi connectivity index (χ4v) is 5.49. The number of likely N-dealkylation sites (N-methyl/N-ethyl adjacent to an activating group) is 1. The lowest BCUT2D eigenvalue weighted by Crippen LogP contribution is -2.17. The predicted molar refractivity (Wildman–Crippen MR) is 286 cm³/mol. The van der Waals surface area contributed by atoms with E-state index in [1.54, 1.807) is 0 Å². The molecule has 0 aliphatic carbocycles. The molecule has 27 nitrogen and oxygen atoms in total. The first-order valence-corrected chi connectivity index (χ1v) is 28.0. The Morgan fingerprint density at radius 2 is 0.304 bits per heavy atom. The van der Waals surface area contributed by atoms with Crippen molar-refractivity contribution in [3.8, 4) is 0 Å². The van der Waals surface area contributed by atoms with Crippen molar-refractivity contribution in [2.24, 2.45) is 0 Å². The van der Waals surface area contributed by atoms with Gasteiger partial charge in [0.2, 0.25) is 0 Å². The van der Waals surface area contributed by atoms with E-state index in [1.807, 2.05) is 7.05 Å². The third-order valence-corrected chi connectivity index (χ3v) is 9.51.